The molecule has 3 aromatic rings. The number of carbonyl (C=O) groups excluding carboxylic acids is 2. The molecule has 0 atom stereocenters. The normalized spacial score (nSPS) is 10.1. The minimum atomic E-state index is -0.325. The Kier molecular flexibility index (Phi) is 6.47. The molecule has 0 saturated heterocycles. The third-order valence-corrected chi connectivity index (χ3v) is 4.19. The van der Waals surface area contributed by atoms with Gasteiger partial charge < -0.3 is 19.7 Å². The number of carbonyl (C=O) groups is 2. The van der Waals surface area contributed by atoms with Gasteiger partial charge in [-0.2, -0.15) is 0 Å². The fraction of sp³-hybridized carbons (Fsp3) is 0.130. The summed E-state index contributed by atoms with van der Waals surface area (Å²) in [4.78, 5) is 26.0. The van der Waals surface area contributed by atoms with Gasteiger partial charge in [-0.1, -0.05) is 30.3 Å². The standard InChI is InChI=1S/C23H22N2O4/c1-17(26)25(16-23(27)24-21-10-6-7-11-22(21)28-2)18-12-14-20(15-13-18)29-19-8-4-3-5-9-19/h3-15H,16H2,1-2H3,(H,24,27). The third-order valence-electron chi connectivity index (χ3n) is 4.19. The van der Waals surface area contributed by atoms with Crippen molar-refractivity contribution < 1.29 is 19.1 Å². The second-order valence-corrected chi connectivity index (χ2v) is 6.26. The van der Waals surface area contributed by atoms with Crippen LogP contribution in [-0.2, 0) is 9.59 Å². The topological polar surface area (TPSA) is 67.9 Å². The first kappa shape index (κ1) is 19.9. The Morgan fingerprint density at radius 2 is 1.48 bits per heavy atom. The van der Waals surface area contributed by atoms with E-state index in [1.807, 2.05) is 36.4 Å². The van der Waals surface area contributed by atoms with Gasteiger partial charge in [0, 0.05) is 12.6 Å². The average Bonchev–Trinajstić information content (AvgIpc) is 2.74. The molecule has 0 heterocycles. The molecule has 3 aromatic carbocycles. The molecule has 0 fully saturated rings. The first-order valence-corrected chi connectivity index (χ1v) is 9.11. The van der Waals surface area contributed by atoms with E-state index in [2.05, 4.69) is 5.32 Å². The first-order valence-electron chi connectivity index (χ1n) is 9.11. The number of rotatable bonds is 7. The van der Waals surface area contributed by atoms with Gasteiger partial charge in [-0.3, -0.25) is 9.59 Å². The zero-order valence-electron chi connectivity index (χ0n) is 16.3. The molecule has 0 bridgehead atoms. The smallest absolute Gasteiger partial charge is 0.244 e. The molecule has 0 saturated carbocycles. The zero-order chi connectivity index (χ0) is 20.6. The molecule has 6 nitrogen and oxygen atoms in total. The van der Waals surface area contributed by atoms with E-state index < -0.39 is 0 Å². The fourth-order valence-electron chi connectivity index (χ4n) is 2.78. The van der Waals surface area contributed by atoms with Crippen LogP contribution in [0.3, 0.4) is 0 Å². The highest BCUT2D eigenvalue weighted by atomic mass is 16.5. The Morgan fingerprint density at radius 1 is 0.862 bits per heavy atom. The zero-order valence-corrected chi connectivity index (χ0v) is 16.3. The molecule has 0 aliphatic heterocycles. The van der Waals surface area contributed by atoms with Crippen molar-refractivity contribution in [3.8, 4) is 17.2 Å². The van der Waals surface area contributed by atoms with Gasteiger partial charge in [0.25, 0.3) is 0 Å². The molecule has 2 amide bonds. The van der Waals surface area contributed by atoms with Gasteiger partial charge in [0.05, 0.1) is 12.8 Å². The number of nitrogens with zero attached hydrogens (tertiary/aromatic N) is 1. The highest BCUT2D eigenvalue weighted by Crippen LogP contribution is 2.25. The second kappa shape index (κ2) is 9.41. The molecule has 0 aliphatic carbocycles. The van der Waals surface area contributed by atoms with Gasteiger partial charge in [0.1, 0.15) is 23.8 Å². The van der Waals surface area contributed by atoms with Crippen LogP contribution in [-0.4, -0.2) is 25.5 Å². The van der Waals surface area contributed by atoms with E-state index in [4.69, 9.17) is 9.47 Å². The van der Waals surface area contributed by atoms with Crippen molar-refractivity contribution in [2.24, 2.45) is 0 Å². The largest absolute Gasteiger partial charge is 0.495 e. The average molecular weight is 390 g/mol. The molecule has 0 spiro atoms. The van der Waals surface area contributed by atoms with Gasteiger partial charge in [-0.05, 0) is 48.5 Å². The van der Waals surface area contributed by atoms with E-state index in [0.717, 1.165) is 5.75 Å². The van der Waals surface area contributed by atoms with Crippen LogP contribution in [0.1, 0.15) is 6.92 Å². The summed E-state index contributed by atoms with van der Waals surface area (Å²) < 4.78 is 11.0. The Hall–Kier alpha value is -3.80. The van der Waals surface area contributed by atoms with Crippen molar-refractivity contribution in [3.63, 3.8) is 0 Å². The van der Waals surface area contributed by atoms with Gasteiger partial charge in [0.15, 0.2) is 0 Å². The maximum Gasteiger partial charge on any atom is 0.244 e. The van der Waals surface area contributed by atoms with Gasteiger partial charge in [0.2, 0.25) is 11.8 Å². The molecule has 0 radical (unpaired) electrons. The second-order valence-electron chi connectivity index (χ2n) is 6.26. The van der Waals surface area contributed by atoms with Crippen LogP contribution in [0.2, 0.25) is 0 Å². The predicted molar refractivity (Wildman–Crippen MR) is 113 cm³/mol. The summed E-state index contributed by atoms with van der Waals surface area (Å²) >= 11 is 0. The maximum absolute atomic E-state index is 12.5. The van der Waals surface area contributed by atoms with Crippen molar-refractivity contribution in [2.75, 3.05) is 23.9 Å². The molecular weight excluding hydrogens is 368 g/mol. The molecule has 148 valence electrons. The van der Waals surface area contributed by atoms with Crippen molar-refractivity contribution in [1.82, 2.24) is 0 Å². The van der Waals surface area contributed by atoms with Gasteiger partial charge in [-0.25, -0.2) is 0 Å². The number of ether oxygens (including phenoxy) is 2. The lowest BCUT2D eigenvalue weighted by molar-refractivity contribution is -0.120. The van der Waals surface area contributed by atoms with Crippen molar-refractivity contribution >= 4 is 23.2 Å². The minimum absolute atomic E-state index is 0.119. The van der Waals surface area contributed by atoms with Crippen LogP contribution in [0.15, 0.2) is 78.9 Å². The summed E-state index contributed by atoms with van der Waals surface area (Å²) in [6.07, 6.45) is 0. The predicted octanol–water partition coefficient (Wildman–Crippen LogP) is 4.48. The van der Waals surface area contributed by atoms with Gasteiger partial charge in [-0.15, -0.1) is 0 Å². The number of hydrogen-bond acceptors (Lipinski definition) is 4. The van der Waals surface area contributed by atoms with E-state index in [9.17, 15) is 9.59 Å². The minimum Gasteiger partial charge on any atom is -0.495 e. The van der Waals surface area contributed by atoms with Crippen LogP contribution < -0.4 is 19.7 Å². The van der Waals surface area contributed by atoms with E-state index in [1.165, 1.54) is 18.9 Å². The van der Waals surface area contributed by atoms with Crippen LogP contribution in [0, 0.1) is 0 Å². The molecule has 29 heavy (non-hydrogen) atoms. The molecule has 3 rings (SSSR count). The highest BCUT2D eigenvalue weighted by Gasteiger charge is 2.17. The van der Waals surface area contributed by atoms with Gasteiger partial charge >= 0.3 is 0 Å². The number of amides is 2. The van der Waals surface area contributed by atoms with E-state index in [0.29, 0.717) is 22.9 Å². The summed E-state index contributed by atoms with van der Waals surface area (Å²) in [5.74, 6) is 1.35. The summed E-state index contributed by atoms with van der Waals surface area (Å²) in [5, 5.41) is 2.78. The number of methoxy groups -OCH3 is 1. The fourth-order valence-corrected chi connectivity index (χ4v) is 2.78. The van der Waals surface area contributed by atoms with Crippen molar-refractivity contribution in [2.45, 2.75) is 6.92 Å². The number of para-hydroxylation sites is 3. The quantitative estimate of drug-likeness (QED) is 0.646. The third kappa shape index (κ3) is 5.35. The van der Waals surface area contributed by atoms with Crippen LogP contribution >= 0.6 is 0 Å². The number of anilines is 2. The number of hydrogen-bond donors (Lipinski definition) is 1. The Labute approximate surface area is 169 Å². The van der Waals surface area contributed by atoms with Crippen LogP contribution in [0.5, 0.6) is 17.2 Å². The van der Waals surface area contributed by atoms with E-state index in [-0.39, 0.29) is 18.4 Å². The Balaban J connectivity index is 1.69. The lowest BCUT2D eigenvalue weighted by atomic mass is 10.2. The molecular formula is C23H22N2O4. The Morgan fingerprint density at radius 3 is 2.14 bits per heavy atom. The molecule has 0 unspecified atom stereocenters. The molecule has 0 aliphatic rings. The molecule has 0 aromatic heterocycles. The molecule has 6 heteroatoms. The van der Waals surface area contributed by atoms with Crippen LogP contribution in [0.4, 0.5) is 11.4 Å². The first-order chi connectivity index (χ1) is 14.1. The number of nitrogens with one attached hydrogen (secondary N) is 1. The Bertz CT molecular complexity index is 972. The highest BCUT2D eigenvalue weighted by molar-refractivity contribution is 6.02. The SMILES string of the molecule is COc1ccccc1NC(=O)CN(C(C)=O)c1ccc(Oc2ccccc2)cc1. The monoisotopic (exact) mass is 390 g/mol. The summed E-state index contributed by atoms with van der Waals surface area (Å²) in [7, 11) is 1.53. The maximum atomic E-state index is 12.5. The summed E-state index contributed by atoms with van der Waals surface area (Å²) in [5.41, 5.74) is 1.16. The lowest BCUT2D eigenvalue weighted by Crippen LogP contribution is -2.36. The van der Waals surface area contributed by atoms with Crippen molar-refractivity contribution in [3.05, 3.63) is 78.9 Å². The number of benzene rings is 3. The molecule has 1 N–H and O–H groups in total. The summed E-state index contributed by atoms with van der Waals surface area (Å²) in [6.45, 7) is 1.30. The van der Waals surface area contributed by atoms with Crippen LogP contribution in [0.25, 0.3) is 0 Å². The van der Waals surface area contributed by atoms with E-state index >= 15 is 0 Å². The lowest BCUT2D eigenvalue weighted by Gasteiger charge is -2.21. The summed E-state index contributed by atoms with van der Waals surface area (Å²) in [6, 6.07) is 23.5. The van der Waals surface area contributed by atoms with E-state index in [1.54, 1.807) is 42.5 Å². The van der Waals surface area contributed by atoms with Crippen molar-refractivity contribution in [1.29, 1.82) is 0 Å².